The molecule has 0 bridgehead atoms. The zero-order valence-electron chi connectivity index (χ0n) is 11.0. The highest BCUT2D eigenvalue weighted by atomic mass is 35.5. The quantitative estimate of drug-likeness (QED) is 0.881. The first-order valence-electron chi connectivity index (χ1n) is 6.15. The van der Waals surface area contributed by atoms with Crippen LogP contribution in [0.2, 0.25) is 0 Å². The van der Waals surface area contributed by atoms with E-state index in [0.717, 1.165) is 25.1 Å². The Kier molecular flexibility index (Phi) is 5.17. The van der Waals surface area contributed by atoms with E-state index in [-0.39, 0.29) is 23.7 Å². The molecule has 100 valence electrons. The van der Waals surface area contributed by atoms with Crippen LogP contribution in [0, 0.1) is 12.3 Å². The molecule has 1 aromatic carbocycles. The Hall–Kier alpha value is -1.06. The second-order valence-electron chi connectivity index (χ2n) is 5.16. The molecule has 3 nitrogen and oxygen atoms in total. The fourth-order valence-electron chi connectivity index (χ4n) is 2.23. The summed E-state index contributed by atoms with van der Waals surface area (Å²) in [6.07, 6.45) is 0.923. The van der Waals surface area contributed by atoms with Crippen molar-refractivity contribution in [2.24, 2.45) is 5.41 Å². The molecule has 4 heteroatoms. The van der Waals surface area contributed by atoms with Crippen molar-refractivity contribution in [3.05, 3.63) is 35.4 Å². The third-order valence-electron chi connectivity index (χ3n) is 3.45. The summed E-state index contributed by atoms with van der Waals surface area (Å²) in [4.78, 5) is 12.1. The van der Waals surface area contributed by atoms with Crippen LogP contribution in [-0.4, -0.2) is 19.0 Å². The number of halogens is 1. The Bertz CT molecular complexity index is 414. The second kappa shape index (κ2) is 6.21. The maximum atomic E-state index is 12.1. The van der Waals surface area contributed by atoms with Gasteiger partial charge in [0.05, 0.1) is 5.41 Å². The molecular formula is C14H21ClN2O. The molecule has 1 fully saturated rings. The predicted molar refractivity (Wildman–Crippen MR) is 75.9 cm³/mol. The average Bonchev–Trinajstić information content (AvgIpc) is 2.74. The molecule has 0 radical (unpaired) electrons. The van der Waals surface area contributed by atoms with Crippen molar-refractivity contribution in [1.82, 2.24) is 10.6 Å². The van der Waals surface area contributed by atoms with Crippen LogP contribution in [0.5, 0.6) is 0 Å². The Morgan fingerprint density at radius 2 is 2.28 bits per heavy atom. The highest BCUT2D eigenvalue weighted by Gasteiger charge is 2.35. The number of carbonyl (C=O) groups excluding carboxylic acids is 1. The van der Waals surface area contributed by atoms with E-state index in [0.29, 0.717) is 6.54 Å². The normalized spacial score (nSPS) is 22.3. The lowest BCUT2D eigenvalue weighted by Crippen LogP contribution is -2.40. The number of benzene rings is 1. The van der Waals surface area contributed by atoms with Crippen LogP contribution in [0.4, 0.5) is 0 Å². The maximum absolute atomic E-state index is 12.1. The molecule has 0 spiro atoms. The van der Waals surface area contributed by atoms with Gasteiger partial charge in [-0.25, -0.2) is 0 Å². The summed E-state index contributed by atoms with van der Waals surface area (Å²) in [5.74, 6) is 0.156. The van der Waals surface area contributed by atoms with Gasteiger partial charge in [0.25, 0.3) is 0 Å². The second-order valence-corrected chi connectivity index (χ2v) is 5.16. The summed E-state index contributed by atoms with van der Waals surface area (Å²) in [6.45, 7) is 6.43. The molecule has 1 aliphatic heterocycles. The standard InChI is InChI=1S/C14H20N2O.ClH/c1-11-4-3-5-12(8-11)9-16-13(17)14(2)6-7-15-10-14;/h3-5,8,15H,6-7,9-10H2,1-2H3,(H,16,17);1H. The first-order chi connectivity index (χ1) is 8.10. The molecule has 1 aliphatic rings. The van der Waals surface area contributed by atoms with E-state index in [1.807, 2.05) is 19.1 Å². The summed E-state index contributed by atoms with van der Waals surface area (Å²) in [6, 6.07) is 8.24. The van der Waals surface area contributed by atoms with E-state index >= 15 is 0 Å². The maximum Gasteiger partial charge on any atom is 0.227 e. The van der Waals surface area contributed by atoms with Crippen molar-refractivity contribution in [2.75, 3.05) is 13.1 Å². The number of amides is 1. The number of carbonyl (C=O) groups is 1. The zero-order valence-corrected chi connectivity index (χ0v) is 11.8. The fourth-order valence-corrected chi connectivity index (χ4v) is 2.23. The van der Waals surface area contributed by atoms with Crippen molar-refractivity contribution < 1.29 is 4.79 Å². The molecule has 1 atom stereocenters. The Morgan fingerprint density at radius 3 is 2.89 bits per heavy atom. The first-order valence-corrected chi connectivity index (χ1v) is 6.15. The van der Waals surface area contributed by atoms with Crippen LogP contribution in [0.25, 0.3) is 0 Å². The van der Waals surface area contributed by atoms with Crippen molar-refractivity contribution in [3.8, 4) is 0 Å². The molecule has 1 amide bonds. The van der Waals surface area contributed by atoms with Gasteiger partial charge in [-0.3, -0.25) is 4.79 Å². The molecule has 0 aliphatic carbocycles. The van der Waals surface area contributed by atoms with E-state index in [4.69, 9.17) is 0 Å². The number of aryl methyl sites for hydroxylation is 1. The van der Waals surface area contributed by atoms with E-state index in [1.165, 1.54) is 5.56 Å². The highest BCUT2D eigenvalue weighted by molar-refractivity contribution is 5.85. The molecule has 2 rings (SSSR count). The van der Waals surface area contributed by atoms with Crippen LogP contribution in [0.1, 0.15) is 24.5 Å². The van der Waals surface area contributed by atoms with Gasteiger partial charge in [0.1, 0.15) is 0 Å². The third-order valence-corrected chi connectivity index (χ3v) is 3.45. The fraction of sp³-hybridized carbons (Fsp3) is 0.500. The summed E-state index contributed by atoms with van der Waals surface area (Å²) >= 11 is 0. The molecule has 18 heavy (non-hydrogen) atoms. The van der Waals surface area contributed by atoms with Gasteiger partial charge in [-0.05, 0) is 32.4 Å². The van der Waals surface area contributed by atoms with E-state index in [1.54, 1.807) is 0 Å². The number of rotatable bonds is 3. The molecule has 1 heterocycles. The van der Waals surface area contributed by atoms with E-state index in [2.05, 4.69) is 29.7 Å². The summed E-state index contributed by atoms with van der Waals surface area (Å²) in [5.41, 5.74) is 2.16. The monoisotopic (exact) mass is 268 g/mol. The van der Waals surface area contributed by atoms with Gasteiger partial charge in [0, 0.05) is 13.1 Å². The molecule has 1 unspecified atom stereocenters. The molecule has 2 N–H and O–H groups in total. The number of hydrogen-bond donors (Lipinski definition) is 2. The van der Waals surface area contributed by atoms with Crippen LogP contribution in [0.3, 0.4) is 0 Å². The van der Waals surface area contributed by atoms with Gasteiger partial charge in [-0.15, -0.1) is 12.4 Å². The van der Waals surface area contributed by atoms with E-state index in [9.17, 15) is 4.79 Å². The SMILES string of the molecule is Cc1cccc(CNC(=O)C2(C)CCNC2)c1.Cl. The molecule has 1 aromatic rings. The van der Waals surface area contributed by atoms with Gasteiger partial charge in [-0.1, -0.05) is 29.8 Å². The molecule has 1 saturated heterocycles. The largest absolute Gasteiger partial charge is 0.352 e. The highest BCUT2D eigenvalue weighted by Crippen LogP contribution is 2.24. The van der Waals surface area contributed by atoms with Crippen LogP contribution >= 0.6 is 12.4 Å². The van der Waals surface area contributed by atoms with Crippen molar-refractivity contribution >= 4 is 18.3 Å². The lowest BCUT2D eigenvalue weighted by atomic mass is 9.89. The topological polar surface area (TPSA) is 41.1 Å². The van der Waals surface area contributed by atoms with E-state index < -0.39 is 0 Å². The lowest BCUT2D eigenvalue weighted by molar-refractivity contribution is -0.129. The lowest BCUT2D eigenvalue weighted by Gasteiger charge is -2.21. The molecular weight excluding hydrogens is 248 g/mol. The Labute approximate surface area is 115 Å². The van der Waals surface area contributed by atoms with Crippen molar-refractivity contribution in [3.63, 3.8) is 0 Å². The number of nitrogens with one attached hydrogen (secondary N) is 2. The number of hydrogen-bond acceptors (Lipinski definition) is 2. The molecule has 0 aromatic heterocycles. The third kappa shape index (κ3) is 3.47. The average molecular weight is 269 g/mol. The van der Waals surface area contributed by atoms with Gasteiger partial charge >= 0.3 is 0 Å². The minimum absolute atomic E-state index is 0. The summed E-state index contributed by atoms with van der Waals surface area (Å²) in [5, 5.41) is 6.27. The zero-order chi connectivity index (χ0) is 12.3. The smallest absolute Gasteiger partial charge is 0.227 e. The minimum atomic E-state index is -0.232. The Morgan fingerprint density at radius 1 is 1.50 bits per heavy atom. The van der Waals surface area contributed by atoms with Gasteiger partial charge in [-0.2, -0.15) is 0 Å². The Balaban J connectivity index is 0.00000162. The van der Waals surface area contributed by atoms with Gasteiger partial charge in [0.2, 0.25) is 5.91 Å². The van der Waals surface area contributed by atoms with Crippen LogP contribution in [-0.2, 0) is 11.3 Å². The van der Waals surface area contributed by atoms with Crippen LogP contribution < -0.4 is 10.6 Å². The first kappa shape index (κ1) is 15.0. The van der Waals surface area contributed by atoms with Crippen molar-refractivity contribution in [1.29, 1.82) is 0 Å². The molecule has 0 saturated carbocycles. The predicted octanol–water partition coefficient (Wildman–Crippen LogP) is 2.03. The van der Waals surface area contributed by atoms with Gasteiger partial charge < -0.3 is 10.6 Å². The summed E-state index contributed by atoms with van der Waals surface area (Å²) in [7, 11) is 0. The van der Waals surface area contributed by atoms with Crippen LogP contribution in [0.15, 0.2) is 24.3 Å². The van der Waals surface area contributed by atoms with Crippen molar-refractivity contribution in [2.45, 2.75) is 26.8 Å². The minimum Gasteiger partial charge on any atom is -0.352 e. The summed E-state index contributed by atoms with van der Waals surface area (Å²) < 4.78 is 0. The van der Waals surface area contributed by atoms with Gasteiger partial charge in [0.15, 0.2) is 0 Å².